The first-order valence-corrected chi connectivity index (χ1v) is 9.93. The minimum Gasteiger partial charge on any atom is -0.339 e. The first-order chi connectivity index (χ1) is 13.3. The molecule has 0 aliphatic carbocycles. The molecule has 0 atom stereocenters. The lowest BCUT2D eigenvalue weighted by molar-refractivity contribution is 0.0752. The summed E-state index contributed by atoms with van der Waals surface area (Å²) in [5, 5.41) is 0. The van der Waals surface area contributed by atoms with Gasteiger partial charge >= 0.3 is 0 Å². The molecule has 0 saturated carbocycles. The molecule has 0 bridgehead atoms. The van der Waals surface area contributed by atoms with Crippen LogP contribution in [0.1, 0.15) is 28.8 Å². The second kappa shape index (κ2) is 8.48. The van der Waals surface area contributed by atoms with E-state index in [4.69, 9.17) is 0 Å². The van der Waals surface area contributed by atoms with Crippen molar-refractivity contribution in [3.8, 4) is 0 Å². The molecule has 1 fully saturated rings. The second-order valence-corrected chi connectivity index (χ2v) is 7.28. The number of carbonyl (C=O) groups is 1. The van der Waals surface area contributed by atoms with E-state index in [0.29, 0.717) is 0 Å². The molecule has 6 nitrogen and oxygen atoms in total. The van der Waals surface area contributed by atoms with E-state index in [1.54, 1.807) is 12.4 Å². The van der Waals surface area contributed by atoms with Crippen LogP contribution in [0.2, 0.25) is 0 Å². The van der Waals surface area contributed by atoms with E-state index in [1.807, 2.05) is 29.2 Å². The van der Waals surface area contributed by atoms with Crippen LogP contribution in [0.15, 0.2) is 42.7 Å². The van der Waals surface area contributed by atoms with Gasteiger partial charge in [-0.25, -0.2) is 9.97 Å². The molecule has 27 heavy (non-hydrogen) atoms. The quantitative estimate of drug-likeness (QED) is 0.812. The SMILES string of the molecule is O=C1c2ccccc2CCCN1CCCN1CCN(c2ncccn2)CC1. The monoisotopic (exact) mass is 365 g/mol. The second-order valence-electron chi connectivity index (χ2n) is 7.28. The smallest absolute Gasteiger partial charge is 0.254 e. The number of aromatic nitrogens is 2. The summed E-state index contributed by atoms with van der Waals surface area (Å²) >= 11 is 0. The van der Waals surface area contributed by atoms with Crippen molar-refractivity contribution in [1.29, 1.82) is 0 Å². The van der Waals surface area contributed by atoms with Crippen LogP contribution in [0, 0.1) is 0 Å². The maximum absolute atomic E-state index is 12.8. The number of anilines is 1. The first-order valence-electron chi connectivity index (χ1n) is 9.93. The van der Waals surface area contributed by atoms with Gasteiger partial charge < -0.3 is 9.80 Å². The number of nitrogens with zero attached hydrogens (tertiary/aromatic N) is 5. The Morgan fingerprint density at radius 1 is 0.889 bits per heavy atom. The molecule has 1 saturated heterocycles. The number of amides is 1. The van der Waals surface area contributed by atoms with Gasteiger partial charge in [0.05, 0.1) is 0 Å². The number of fused-ring (bicyclic) bond motifs is 1. The van der Waals surface area contributed by atoms with Gasteiger partial charge in [0.2, 0.25) is 5.95 Å². The molecule has 142 valence electrons. The van der Waals surface area contributed by atoms with Crippen molar-refractivity contribution in [2.75, 3.05) is 50.7 Å². The highest BCUT2D eigenvalue weighted by Crippen LogP contribution is 2.19. The van der Waals surface area contributed by atoms with Gasteiger partial charge in [-0.3, -0.25) is 9.69 Å². The number of piperazine rings is 1. The highest BCUT2D eigenvalue weighted by Gasteiger charge is 2.22. The molecule has 2 aliphatic heterocycles. The van der Waals surface area contributed by atoms with Gasteiger partial charge in [0.1, 0.15) is 0 Å². The predicted octanol–water partition coefficient (Wildman–Crippen LogP) is 2.08. The standard InChI is InChI=1S/C21H27N5O/c27-20-19-8-2-1-6-18(19)7-3-12-25(20)13-5-11-24-14-16-26(17-15-24)21-22-9-4-10-23-21/h1-2,4,6,8-10H,3,5,7,11-17H2. The predicted molar refractivity (Wildman–Crippen MR) is 106 cm³/mol. The van der Waals surface area contributed by atoms with Gasteiger partial charge in [0.25, 0.3) is 5.91 Å². The molecule has 0 radical (unpaired) electrons. The summed E-state index contributed by atoms with van der Waals surface area (Å²) in [5.41, 5.74) is 2.09. The molecule has 3 heterocycles. The average molecular weight is 365 g/mol. The van der Waals surface area contributed by atoms with Crippen LogP contribution in [-0.4, -0.2) is 71.5 Å². The summed E-state index contributed by atoms with van der Waals surface area (Å²) in [6.07, 6.45) is 6.67. The van der Waals surface area contributed by atoms with E-state index < -0.39 is 0 Å². The van der Waals surface area contributed by atoms with E-state index in [2.05, 4.69) is 25.8 Å². The zero-order valence-electron chi connectivity index (χ0n) is 15.8. The number of carbonyl (C=O) groups excluding carboxylic acids is 1. The van der Waals surface area contributed by atoms with E-state index in [1.165, 1.54) is 5.56 Å². The Morgan fingerprint density at radius 3 is 2.48 bits per heavy atom. The number of hydrogen-bond acceptors (Lipinski definition) is 5. The molecule has 1 aromatic heterocycles. The fourth-order valence-corrected chi connectivity index (χ4v) is 4.00. The molecule has 2 aromatic rings. The summed E-state index contributed by atoms with van der Waals surface area (Å²) in [6, 6.07) is 9.91. The fourth-order valence-electron chi connectivity index (χ4n) is 4.00. The van der Waals surface area contributed by atoms with Crippen molar-refractivity contribution in [3.63, 3.8) is 0 Å². The first kappa shape index (κ1) is 17.9. The van der Waals surface area contributed by atoms with Crippen molar-refractivity contribution in [2.24, 2.45) is 0 Å². The number of benzene rings is 1. The molecule has 0 unspecified atom stereocenters. The normalized spacial score (nSPS) is 18.3. The molecule has 2 aliphatic rings. The molecular formula is C21H27N5O. The molecule has 1 aromatic carbocycles. The van der Waals surface area contributed by atoms with Gasteiger partial charge in [-0.15, -0.1) is 0 Å². The van der Waals surface area contributed by atoms with Gasteiger partial charge in [0, 0.05) is 57.2 Å². The van der Waals surface area contributed by atoms with Crippen LogP contribution in [0.3, 0.4) is 0 Å². The lowest BCUT2D eigenvalue weighted by atomic mass is 10.0. The van der Waals surface area contributed by atoms with Crippen LogP contribution in [0.4, 0.5) is 5.95 Å². The lowest BCUT2D eigenvalue weighted by Gasteiger charge is -2.35. The number of hydrogen-bond donors (Lipinski definition) is 0. The van der Waals surface area contributed by atoms with Gasteiger partial charge in [0.15, 0.2) is 0 Å². The third-order valence-electron chi connectivity index (χ3n) is 5.52. The zero-order valence-corrected chi connectivity index (χ0v) is 15.8. The largest absolute Gasteiger partial charge is 0.339 e. The Labute approximate surface area is 160 Å². The van der Waals surface area contributed by atoms with Crippen LogP contribution >= 0.6 is 0 Å². The van der Waals surface area contributed by atoms with Crippen LogP contribution in [-0.2, 0) is 6.42 Å². The van der Waals surface area contributed by atoms with E-state index >= 15 is 0 Å². The maximum atomic E-state index is 12.8. The van der Waals surface area contributed by atoms with Gasteiger partial charge in [-0.05, 0) is 43.5 Å². The molecule has 1 amide bonds. The molecule has 0 spiro atoms. The highest BCUT2D eigenvalue weighted by molar-refractivity contribution is 5.96. The maximum Gasteiger partial charge on any atom is 0.254 e. The highest BCUT2D eigenvalue weighted by atomic mass is 16.2. The summed E-state index contributed by atoms with van der Waals surface area (Å²) in [5.74, 6) is 1.03. The van der Waals surface area contributed by atoms with Crippen molar-refractivity contribution in [1.82, 2.24) is 19.8 Å². The fraction of sp³-hybridized carbons (Fsp3) is 0.476. The summed E-state index contributed by atoms with van der Waals surface area (Å²) in [6.45, 7) is 6.71. The molecule has 0 N–H and O–H groups in total. The summed E-state index contributed by atoms with van der Waals surface area (Å²) < 4.78 is 0. The molecular weight excluding hydrogens is 338 g/mol. The lowest BCUT2D eigenvalue weighted by Crippen LogP contribution is -2.47. The Hall–Kier alpha value is -2.47. The third-order valence-corrected chi connectivity index (χ3v) is 5.52. The molecule has 4 rings (SSSR count). The van der Waals surface area contributed by atoms with Crippen LogP contribution < -0.4 is 4.90 Å². The van der Waals surface area contributed by atoms with Crippen molar-refractivity contribution < 1.29 is 4.79 Å². The average Bonchev–Trinajstić information content (AvgIpc) is 2.89. The van der Waals surface area contributed by atoms with Crippen molar-refractivity contribution in [2.45, 2.75) is 19.3 Å². The Balaban J connectivity index is 1.24. The van der Waals surface area contributed by atoms with E-state index in [9.17, 15) is 4.79 Å². The Morgan fingerprint density at radius 2 is 1.67 bits per heavy atom. The van der Waals surface area contributed by atoms with E-state index in [0.717, 1.165) is 76.6 Å². The number of rotatable bonds is 5. The summed E-state index contributed by atoms with van der Waals surface area (Å²) in [7, 11) is 0. The van der Waals surface area contributed by atoms with Crippen molar-refractivity contribution >= 4 is 11.9 Å². The topological polar surface area (TPSA) is 52.6 Å². The summed E-state index contributed by atoms with van der Waals surface area (Å²) in [4.78, 5) is 28.3. The minimum absolute atomic E-state index is 0.203. The van der Waals surface area contributed by atoms with Gasteiger partial charge in [-0.1, -0.05) is 18.2 Å². The van der Waals surface area contributed by atoms with Crippen LogP contribution in [0.25, 0.3) is 0 Å². The van der Waals surface area contributed by atoms with E-state index in [-0.39, 0.29) is 5.91 Å². The Kier molecular flexibility index (Phi) is 5.63. The van der Waals surface area contributed by atoms with Crippen molar-refractivity contribution in [3.05, 3.63) is 53.9 Å². The van der Waals surface area contributed by atoms with Crippen LogP contribution in [0.5, 0.6) is 0 Å². The molecule has 6 heteroatoms. The number of aryl methyl sites for hydroxylation is 1. The Bertz CT molecular complexity index is 758. The minimum atomic E-state index is 0.203. The van der Waals surface area contributed by atoms with Gasteiger partial charge in [-0.2, -0.15) is 0 Å². The third kappa shape index (κ3) is 4.27. The zero-order chi connectivity index (χ0) is 18.5.